The molecule has 2 heterocycles. The Morgan fingerprint density at radius 2 is 2.00 bits per heavy atom. The van der Waals surface area contributed by atoms with Crippen molar-refractivity contribution in [3.63, 3.8) is 0 Å². The van der Waals surface area contributed by atoms with E-state index in [9.17, 15) is 13.2 Å². The quantitative estimate of drug-likeness (QED) is 0.851. The standard InChI is InChI=1S/C12H20N4O3S/c1-8-5-10(16(14-8)12(2,3)4)15-7-9(6-11(15)17)20(13,18)19/h5,9H,6-7H2,1-4H3,(H2,13,18,19). The van der Waals surface area contributed by atoms with Crippen molar-refractivity contribution in [2.75, 3.05) is 11.4 Å². The number of sulfonamides is 1. The Morgan fingerprint density at radius 1 is 1.40 bits per heavy atom. The highest BCUT2D eigenvalue weighted by atomic mass is 32.2. The first-order valence-electron chi connectivity index (χ1n) is 6.39. The third kappa shape index (κ3) is 2.71. The minimum absolute atomic E-state index is 0.0762. The Balaban J connectivity index is 2.41. The molecule has 1 saturated heterocycles. The number of carbonyl (C=O) groups excluding carboxylic acids is 1. The first kappa shape index (κ1) is 15.0. The maximum absolute atomic E-state index is 12.1. The van der Waals surface area contributed by atoms with Crippen molar-refractivity contribution in [2.24, 2.45) is 5.14 Å². The van der Waals surface area contributed by atoms with Crippen molar-refractivity contribution in [1.29, 1.82) is 0 Å². The number of rotatable bonds is 2. The molecule has 1 fully saturated rings. The van der Waals surface area contributed by atoms with Crippen LogP contribution >= 0.6 is 0 Å². The van der Waals surface area contributed by atoms with Crippen LogP contribution in [0.15, 0.2) is 6.07 Å². The normalized spacial score (nSPS) is 20.8. The fourth-order valence-corrected chi connectivity index (χ4v) is 3.02. The molecule has 8 heteroatoms. The van der Waals surface area contributed by atoms with E-state index in [0.717, 1.165) is 5.69 Å². The number of amides is 1. The molecule has 1 aromatic heterocycles. The maximum atomic E-state index is 12.1. The zero-order valence-corrected chi connectivity index (χ0v) is 12.9. The van der Waals surface area contributed by atoms with Crippen LogP contribution in [0, 0.1) is 6.92 Å². The van der Waals surface area contributed by atoms with Gasteiger partial charge in [-0.15, -0.1) is 0 Å². The number of hydrogen-bond donors (Lipinski definition) is 1. The highest BCUT2D eigenvalue weighted by Gasteiger charge is 2.39. The summed E-state index contributed by atoms with van der Waals surface area (Å²) < 4.78 is 24.6. The molecule has 0 bridgehead atoms. The van der Waals surface area contributed by atoms with E-state index in [-0.39, 0.29) is 24.4 Å². The zero-order chi connectivity index (χ0) is 15.3. The van der Waals surface area contributed by atoms with Crippen LogP contribution in [0.4, 0.5) is 5.82 Å². The van der Waals surface area contributed by atoms with Gasteiger partial charge in [-0.05, 0) is 27.7 Å². The maximum Gasteiger partial charge on any atom is 0.229 e. The summed E-state index contributed by atoms with van der Waals surface area (Å²) in [6.07, 6.45) is -0.0762. The second kappa shape index (κ2) is 4.56. The molecule has 2 rings (SSSR count). The molecule has 1 amide bonds. The number of nitrogens with two attached hydrogens (primary N) is 1. The Morgan fingerprint density at radius 3 is 2.45 bits per heavy atom. The SMILES string of the molecule is Cc1cc(N2CC(S(N)(=O)=O)CC2=O)n(C(C)(C)C)n1. The molecule has 0 aliphatic carbocycles. The Labute approximate surface area is 118 Å². The molecule has 2 N–H and O–H groups in total. The second-order valence-corrected chi connectivity index (χ2v) is 7.99. The van der Waals surface area contributed by atoms with Gasteiger partial charge in [0, 0.05) is 19.0 Å². The number of nitrogens with zero attached hydrogens (tertiary/aromatic N) is 3. The third-order valence-corrected chi connectivity index (χ3v) is 4.52. The monoisotopic (exact) mass is 300 g/mol. The summed E-state index contributed by atoms with van der Waals surface area (Å²) in [6, 6.07) is 1.79. The number of anilines is 1. The summed E-state index contributed by atoms with van der Waals surface area (Å²) in [4.78, 5) is 13.5. The van der Waals surface area contributed by atoms with Crippen molar-refractivity contribution in [2.45, 2.75) is 44.9 Å². The summed E-state index contributed by atoms with van der Waals surface area (Å²) in [5, 5.41) is 8.68. The van der Waals surface area contributed by atoms with Crippen LogP contribution < -0.4 is 10.0 Å². The lowest BCUT2D eigenvalue weighted by molar-refractivity contribution is -0.117. The first-order chi connectivity index (χ1) is 9.00. The summed E-state index contributed by atoms with van der Waals surface area (Å²) in [6.45, 7) is 7.84. The fraction of sp³-hybridized carbons (Fsp3) is 0.667. The lowest BCUT2D eigenvalue weighted by Gasteiger charge is -2.26. The lowest BCUT2D eigenvalue weighted by Crippen LogP contribution is -2.35. The molecule has 20 heavy (non-hydrogen) atoms. The number of carbonyl (C=O) groups is 1. The van der Waals surface area contributed by atoms with E-state index < -0.39 is 15.3 Å². The van der Waals surface area contributed by atoms with Gasteiger partial charge in [0.05, 0.1) is 11.2 Å². The van der Waals surface area contributed by atoms with Gasteiger partial charge in [-0.25, -0.2) is 18.2 Å². The van der Waals surface area contributed by atoms with Gasteiger partial charge < -0.3 is 0 Å². The Kier molecular flexibility index (Phi) is 3.42. The van der Waals surface area contributed by atoms with E-state index in [2.05, 4.69) is 5.10 Å². The third-order valence-electron chi connectivity index (χ3n) is 3.28. The van der Waals surface area contributed by atoms with Gasteiger partial charge in [0.1, 0.15) is 11.1 Å². The number of primary sulfonamides is 1. The van der Waals surface area contributed by atoms with Gasteiger partial charge in [-0.2, -0.15) is 5.10 Å². The largest absolute Gasteiger partial charge is 0.296 e. The molecule has 1 unspecified atom stereocenters. The molecule has 1 aromatic rings. The van der Waals surface area contributed by atoms with Crippen molar-refractivity contribution in [3.05, 3.63) is 11.8 Å². The van der Waals surface area contributed by atoms with E-state index in [1.807, 2.05) is 27.7 Å². The van der Waals surface area contributed by atoms with E-state index in [1.165, 1.54) is 4.90 Å². The van der Waals surface area contributed by atoms with Gasteiger partial charge in [-0.3, -0.25) is 9.69 Å². The summed E-state index contributed by atoms with van der Waals surface area (Å²) >= 11 is 0. The highest BCUT2D eigenvalue weighted by molar-refractivity contribution is 7.89. The molecule has 0 radical (unpaired) electrons. The van der Waals surface area contributed by atoms with Crippen LogP contribution in [0.1, 0.15) is 32.9 Å². The minimum atomic E-state index is -3.71. The molecule has 1 aliphatic rings. The van der Waals surface area contributed by atoms with Gasteiger partial charge in [0.15, 0.2) is 0 Å². The van der Waals surface area contributed by atoms with E-state index in [0.29, 0.717) is 5.82 Å². The van der Waals surface area contributed by atoms with Crippen molar-refractivity contribution in [1.82, 2.24) is 9.78 Å². The lowest BCUT2D eigenvalue weighted by atomic mass is 10.1. The second-order valence-electron chi connectivity index (χ2n) is 6.15. The predicted molar refractivity (Wildman–Crippen MR) is 75.8 cm³/mol. The molecular weight excluding hydrogens is 280 g/mol. The molecule has 112 valence electrons. The summed E-state index contributed by atoms with van der Waals surface area (Å²) in [5.74, 6) is 0.376. The van der Waals surface area contributed by atoms with Crippen LogP contribution in [-0.4, -0.2) is 35.9 Å². The Hall–Kier alpha value is -1.41. The molecule has 0 spiro atoms. The van der Waals surface area contributed by atoms with Gasteiger partial charge in [0.2, 0.25) is 15.9 Å². The van der Waals surface area contributed by atoms with Crippen LogP contribution in [0.25, 0.3) is 0 Å². The molecule has 1 aliphatic heterocycles. The molecule has 0 saturated carbocycles. The van der Waals surface area contributed by atoms with Crippen LogP contribution in [0.3, 0.4) is 0 Å². The number of aryl methyl sites for hydroxylation is 1. The fourth-order valence-electron chi connectivity index (χ4n) is 2.29. The van der Waals surface area contributed by atoms with Crippen LogP contribution in [0.5, 0.6) is 0 Å². The summed E-state index contributed by atoms with van der Waals surface area (Å²) in [5.41, 5.74) is 0.477. The number of aromatic nitrogens is 2. The van der Waals surface area contributed by atoms with Gasteiger partial charge >= 0.3 is 0 Å². The smallest absolute Gasteiger partial charge is 0.229 e. The van der Waals surface area contributed by atoms with Crippen LogP contribution in [-0.2, 0) is 20.4 Å². The number of hydrogen-bond acceptors (Lipinski definition) is 4. The average Bonchev–Trinajstić information content (AvgIpc) is 2.79. The van der Waals surface area contributed by atoms with E-state index in [1.54, 1.807) is 10.7 Å². The van der Waals surface area contributed by atoms with Crippen molar-refractivity contribution < 1.29 is 13.2 Å². The predicted octanol–water partition coefficient (Wildman–Crippen LogP) is 0.340. The highest BCUT2D eigenvalue weighted by Crippen LogP contribution is 2.29. The van der Waals surface area contributed by atoms with Crippen molar-refractivity contribution in [3.8, 4) is 0 Å². The van der Waals surface area contributed by atoms with Crippen LogP contribution in [0.2, 0.25) is 0 Å². The van der Waals surface area contributed by atoms with Crippen molar-refractivity contribution >= 4 is 21.7 Å². The van der Waals surface area contributed by atoms with E-state index >= 15 is 0 Å². The zero-order valence-electron chi connectivity index (χ0n) is 12.1. The average molecular weight is 300 g/mol. The molecule has 0 aromatic carbocycles. The van der Waals surface area contributed by atoms with Gasteiger partial charge in [-0.1, -0.05) is 0 Å². The molecule has 7 nitrogen and oxygen atoms in total. The minimum Gasteiger partial charge on any atom is -0.296 e. The van der Waals surface area contributed by atoms with Gasteiger partial charge in [0.25, 0.3) is 0 Å². The first-order valence-corrected chi connectivity index (χ1v) is 8.00. The van der Waals surface area contributed by atoms with E-state index in [4.69, 9.17) is 5.14 Å². The summed E-state index contributed by atoms with van der Waals surface area (Å²) in [7, 11) is -3.71. The Bertz CT molecular complexity index is 642. The topological polar surface area (TPSA) is 98.3 Å². The molecule has 1 atom stereocenters. The molecular formula is C12H20N4O3S.